The number of hydrazine groups is 1. The predicted octanol–water partition coefficient (Wildman–Crippen LogP) is 0.833. The largest absolute Gasteiger partial charge is 0.376 e. The molecule has 2 aliphatic heterocycles. The van der Waals surface area contributed by atoms with Gasteiger partial charge in [-0.1, -0.05) is 49.0 Å². The molecule has 0 bridgehead atoms. The second-order valence-corrected chi connectivity index (χ2v) is 8.24. The van der Waals surface area contributed by atoms with Crippen LogP contribution in [-0.4, -0.2) is 61.5 Å². The molecular weight excluding hydrogens is 422 g/mol. The third-order valence-electron chi connectivity index (χ3n) is 5.36. The Morgan fingerprint density at radius 1 is 1.35 bits per heavy atom. The van der Waals surface area contributed by atoms with Crippen LogP contribution < -0.4 is 10.7 Å². The molecule has 1 aromatic heterocycles. The Labute approximate surface area is 182 Å². The van der Waals surface area contributed by atoms with E-state index in [-0.39, 0.29) is 11.9 Å². The molecule has 2 unspecified atom stereocenters. The first-order valence-electron chi connectivity index (χ1n) is 10.1. The van der Waals surface area contributed by atoms with Crippen molar-refractivity contribution in [3.63, 3.8) is 0 Å². The van der Waals surface area contributed by atoms with Gasteiger partial charge in [-0.2, -0.15) is 5.01 Å². The van der Waals surface area contributed by atoms with Gasteiger partial charge in [-0.3, -0.25) is 15.0 Å². The Morgan fingerprint density at radius 3 is 2.87 bits per heavy atom. The number of rotatable bonds is 8. The molecule has 3 heterocycles. The van der Waals surface area contributed by atoms with Crippen LogP contribution in [0.25, 0.3) is 0 Å². The number of tetrazole rings is 1. The van der Waals surface area contributed by atoms with Crippen molar-refractivity contribution in [1.29, 1.82) is 0 Å². The molecule has 0 spiro atoms. The fourth-order valence-electron chi connectivity index (χ4n) is 3.72. The lowest BCUT2D eigenvalue weighted by Crippen LogP contribution is -2.49. The molecule has 164 valence electrons. The summed E-state index contributed by atoms with van der Waals surface area (Å²) in [7, 11) is 0. The van der Waals surface area contributed by atoms with Crippen LogP contribution >= 0.6 is 11.8 Å². The molecule has 31 heavy (non-hydrogen) atoms. The average molecular weight is 446 g/mol. The summed E-state index contributed by atoms with van der Waals surface area (Å²) in [5.41, 5.74) is 1.86. The molecule has 2 aromatic rings. The third kappa shape index (κ3) is 4.26. The Kier molecular flexibility index (Phi) is 6.18. The molecule has 0 radical (unpaired) electrons. The van der Waals surface area contributed by atoms with Gasteiger partial charge in [-0.15, -0.1) is 5.10 Å². The lowest BCUT2D eigenvalue weighted by molar-refractivity contribution is -0.138. The number of amides is 4. The highest BCUT2D eigenvalue weighted by Gasteiger charge is 2.52. The number of hydrogen-bond donors (Lipinski definition) is 2. The maximum Gasteiger partial charge on any atom is 0.344 e. The molecule has 2 atom stereocenters. The molecular formula is C19H23N7O4S. The fraction of sp³-hybridized carbons (Fsp3) is 0.474. The van der Waals surface area contributed by atoms with Crippen LogP contribution in [0.15, 0.2) is 35.5 Å². The van der Waals surface area contributed by atoms with Gasteiger partial charge in [0.2, 0.25) is 11.1 Å². The summed E-state index contributed by atoms with van der Waals surface area (Å²) in [4.78, 5) is 38.0. The van der Waals surface area contributed by atoms with E-state index in [0.717, 1.165) is 36.2 Å². The van der Waals surface area contributed by atoms with Gasteiger partial charge >= 0.3 is 6.03 Å². The summed E-state index contributed by atoms with van der Waals surface area (Å²) >= 11 is 1.12. The monoisotopic (exact) mass is 445 g/mol. The Bertz CT molecular complexity index is 963. The smallest absolute Gasteiger partial charge is 0.344 e. The summed E-state index contributed by atoms with van der Waals surface area (Å²) < 4.78 is 7.19. The second kappa shape index (κ2) is 9.02. The standard InChI is InChI=1S/C19H23N7O4S/c1-2-19(13-7-4-3-5-8-13)16(28)26(17(29)20-19)22-15(27)12-31-18-21-23-24-25(18)11-14-9-6-10-30-14/h3-5,7-8,14H,2,6,9-12H2,1H3,(H,20,29)(H,22,27). The minimum absolute atomic E-state index is 0.0581. The first-order valence-corrected chi connectivity index (χ1v) is 11.0. The van der Waals surface area contributed by atoms with Gasteiger partial charge < -0.3 is 10.1 Å². The summed E-state index contributed by atoms with van der Waals surface area (Å²) in [5, 5.41) is 15.5. The lowest BCUT2D eigenvalue weighted by Gasteiger charge is -2.25. The summed E-state index contributed by atoms with van der Waals surface area (Å²) in [6, 6.07) is 8.30. The number of urea groups is 1. The Balaban J connectivity index is 1.37. The average Bonchev–Trinajstić information content (AvgIpc) is 3.51. The van der Waals surface area contributed by atoms with Gasteiger partial charge in [-0.25, -0.2) is 9.48 Å². The lowest BCUT2D eigenvalue weighted by atomic mass is 9.87. The SMILES string of the molecule is CCC1(c2ccccc2)NC(=O)N(NC(=O)CSc2nnnn2CC2CCCO2)C1=O. The van der Waals surface area contributed by atoms with E-state index in [1.807, 2.05) is 6.07 Å². The number of carbonyl (C=O) groups is 3. The van der Waals surface area contributed by atoms with Gasteiger partial charge in [0.15, 0.2) is 0 Å². The van der Waals surface area contributed by atoms with E-state index in [1.165, 1.54) is 0 Å². The predicted molar refractivity (Wildman–Crippen MR) is 109 cm³/mol. The Hall–Kier alpha value is -2.99. The molecule has 4 amide bonds. The molecule has 0 saturated carbocycles. The van der Waals surface area contributed by atoms with Crippen molar-refractivity contribution in [3.05, 3.63) is 35.9 Å². The van der Waals surface area contributed by atoms with Crippen molar-refractivity contribution < 1.29 is 19.1 Å². The van der Waals surface area contributed by atoms with E-state index in [2.05, 4.69) is 26.3 Å². The highest BCUT2D eigenvalue weighted by Crippen LogP contribution is 2.31. The van der Waals surface area contributed by atoms with Crippen molar-refractivity contribution in [3.8, 4) is 0 Å². The van der Waals surface area contributed by atoms with Gasteiger partial charge in [0.1, 0.15) is 5.54 Å². The summed E-state index contributed by atoms with van der Waals surface area (Å²) in [6.07, 6.45) is 2.35. The maximum absolute atomic E-state index is 13.1. The van der Waals surface area contributed by atoms with Crippen molar-refractivity contribution in [1.82, 2.24) is 36.0 Å². The zero-order chi connectivity index (χ0) is 21.8. The Morgan fingerprint density at radius 2 is 2.16 bits per heavy atom. The van der Waals surface area contributed by atoms with Crippen LogP contribution in [-0.2, 0) is 26.4 Å². The first kappa shape index (κ1) is 21.2. The van der Waals surface area contributed by atoms with Gasteiger partial charge in [0, 0.05) is 6.61 Å². The fourth-order valence-corrected chi connectivity index (χ4v) is 4.40. The van der Waals surface area contributed by atoms with Crippen LogP contribution in [0, 0.1) is 0 Å². The van der Waals surface area contributed by atoms with E-state index < -0.39 is 23.4 Å². The van der Waals surface area contributed by atoms with Gasteiger partial charge in [-0.05, 0) is 35.3 Å². The summed E-state index contributed by atoms with van der Waals surface area (Å²) in [6.45, 7) is 3.05. The molecule has 2 saturated heterocycles. The van der Waals surface area contributed by atoms with Crippen LogP contribution in [0.3, 0.4) is 0 Å². The molecule has 0 aliphatic carbocycles. The molecule has 12 heteroatoms. The molecule has 2 fully saturated rings. The normalized spacial score (nSPS) is 23.3. The van der Waals surface area contributed by atoms with E-state index in [0.29, 0.717) is 23.7 Å². The van der Waals surface area contributed by atoms with Crippen molar-refractivity contribution >= 4 is 29.6 Å². The van der Waals surface area contributed by atoms with Crippen molar-refractivity contribution in [2.45, 2.75) is 49.5 Å². The number of nitrogens with zero attached hydrogens (tertiary/aromatic N) is 5. The number of aromatic nitrogens is 4. The molecule has 2 aliphatic rings. The molecule has 2 N–H and O–H groups in total. The quantitative estimate of drug-likeness (QED) is 0.451. The summed E-state index contributed by atoms with van der Waals surface area (Å²) in [5.74, 6) is -1.10. The number of imide groups is 1. The number of ether oxygens (including phenoxy) is 1. The maximum atomic E-state index is 13.1. The first-order chi connectivity index (χ1) is 15.0. The van der Waals surface area contributed by atoms with E-state index in [9.17, 15) is 14.4 Å². The van der Waals surface area contributed by atoms with Gasteiger partial charge in [0.25, 0.3) is 5.91 Å². The minimum atomic E-state index is -1.20. The van der Waals surface area contributed by atoms with Crippen molar-refractivity contribution in [2.75, 3.05) is 12.4 Å². The van der Waals surface area contributed by atoms with E-state index in [4.69, 9.17) is 4.74 Å². The van der Waals surface area contributed by atoms with Crippen LogP contribution in [0.2, 0.25) is 0 Å². The van der Waals surface area contributed by atoms with E-state index >= 15 is 0 Å². The zero-order valence-corrected chi connectivity index (χ0v) is 17.8. The molecule has 4 rings (SSSR count). The molecule has 1 aromatic carbocycles. The number of hydrogen-bond acceptors (Lipinski definition) is 8. The number of nitrogens with one attached hydrogen (secondary N) is 2. The number of thioether (sulfide) groups is 1. The number of benzene rings is 1. The van der Waals surface area contributed by atoms with Crippen LogP contribution in [0.5, 0.6) is 0 Å². The third-order valence-corrected chi connectivity index (χ3v) is 6.31. The number of carbonyl (C=O) groups excluding carboxylic acids is 3. The second-order valence-electron chi connectivity index (χ2n) is 7.30. The van der Waals surface area contributed by atoms with Crippen LogP contribution in [0.1, 0.15) is 31.7 Å². The highest BCUT2D eigenvalue weighted by atomic mass is 32.2. The van der Waals surface area contributed by atoms with Crippen LogP contribution in [0.4, 0.5) is 4.79 Å². The topological polar surface area (TPSA) is 131 Å². The zero-order valence-electron chi connectivity index (χ0n) is 17.0. The van der Waals surface area contributed by atoms with Gasteiger partial charge in [0.05, 0.1) is 18.4 Å². The van der Waals surface area contributed by atoms with Crippen molar-refractivity contribution in [2.24, 2.45) is 0 Å². The molecule has 11 nitrogen and oxygen atoms in total. The minimum Gasteiger partial charge on any atom is -0.376 e. The highest BCUT2D eigenvalue weighted by molar-refractivity contribution is 7.99. The van der Waals surface area contributed by atoms with E-state index in [1.54, 1.807) is 35.9 Å².